The Balaban J connectivity index is 2.45. The lowest BCUT2D eigenvalue weighted by molar-refractivity contribution is -0.120. The van der Waals surface area contributed by atoms with Crippen molar-refractivity contribution in [2.75, 3.05) is 5.73 Å². The van der Waals surface area contributed by atoms with Gasteiger partial charge >= 0.3 is 0 Å². The van der Waals surface area contributed by atoms with Crippen molar-refractivity contribution in [1.82, 2.24) is 9.71 Å². The Labute approximate surface area is 122 Å². The molecule has 1 unspecified atom stereocenters. The number of rotatable bonds is 5. The zero-order valence-corrected chi connectivity index (χ0v) is 12.6. The number of fused-ring (bicyclic) bond motifs is 1. The number of hydrogen-bond acceptors (Lipinski definition) is 4. The average molecular weight is 310 g/mol. The summed E-state index contributed by atoms with van der Waals surface area (Å²) in [5.74, 6) is -0.962. The SMILES string of the molecule is CC(C)C(NS(=O)(=O)c1c[nH]c2cc(N)ccc12)C(N)=O. The number of hydrogen-bond donors (Lipinski definition) is 4. The van der Waals surface area contributed by atoms with Crippen LogP contribution in [-0.2, 0) is 14.8 Å². The first kappa shape index (κ1) is 15.3. The maximum atomic E-state index is 12.4. The molecule has 1 atom stereocenters. The Morgan fingerprint density at radius 2 is 2.00 bits per heavy atom. The molecule has 114 valence electrons. The van der Waals surface area contributed by atoms with E-state index in [0.717, 1.165) is 0 Å². The summed E-state index contributed by atoms with van der Waals surface area (Å²) in [6, 6.07) is 3.91. The number of primary amides is 1. The summed E-state index contributed by atoms with van der Waals surface area (Å²) in [5, 5.41) is 0.503. The predicted molar refractivity (Wildman–Crippen MR) is 80.9 cm³/mol. The Hall–Kier alpha value is -2.06. The lowest BCUT2D eigenvalue weighted by Gasteiger charge is -2.18. The molecule has 0 aliphatic carbocycles. The van der Waals surface area contributed by atoms with Gasteiger partial charge < -0.3 is 16.5 Å². The maximum absolute atomic E-state index is 12.4. The van der Waals surface area contributed by atoms with Gasteiger partial charge in [-0.2, -0.15) is 4.72 Å². The topological polar surface area (TPSA) is 131 Å². The minimum Gasteiger partial charge on any atom is -0.399 e. The second-order valence-electron chi connectivity index (χ2n) is 5.20. The van der Waals surface area contributed by atoms with E-state index in [1.54, 1.807) is 32.0 Å². The first-order valence-electron chi connectivity index (χ1n) is 6.40. The summed E-state index contributed by atoms with van der Waals surface area (Å²) in [6.45, 7) is 3.43. The molecule has 1 heterocycles. The molecule has 0 saturated carbocycles. The van der Waals surface area contributed by atoms with E-state index in [4.69, 9.17) is 11.5 Å². The summed E-state index contributed by atoms with van der Waals surface area (Å²) in [6.07, 6.45) is 1.37. The highest BCUT2D eigenvalue weighted by Gasteiger charge is 2.28. The molecule has 0 fully saturated rings. The second kappa shape index (κ2) is 5.38. The molecule has 1 aromatic carbocycles. The number of sulfonamides is 1. The normalized spacial score (nSPS) is 13.7. The minimum atomic E-state index is -3.87. The van der Waals surface area contributed by atoms with Crippen LogP contribution >= 0.6 is 0 Å². The minimum absolute atomic E-state index is 0.0596. The molecule has 8 heteroatoms. The highest BCUT2D eigenvalue weighted by atomic mass is 32.2. The molecule has 0 radical (unpaired) electrons. The van der Waals surface area contributed by atoms with Crippen LogP contribution in [0.25, 0.3) is 10.9 Å². The summed E-state index contributed by atoms with van der Waals surface area (Å²) in [5.41, 5.74) is 12.0. The molecule has 1 amide bonds. The predicted octanol–water partition coefficient (Wildman–Crippen LogP) is 0.538. The lowest BCUT2D eigenvalue weighted by Crippen LogP contribution is -2.47. The summed E-state index contributed by atoms with van der Waals surface area (Å²) >= 11 is 0. The van der Waals surface area contributed by atoms with Crippen molar-refractivity contribution in [2.45, 2.75) is 24.8 Å². The summed E-state index contributed by atoms with van der Waals surface area (Å²) in [7, 11) is -3.87. The Morgan fingerprint density at radius 3 is 2.57 bits per heavy atom. The van der Waals surface area contributed by atoms with E-state index in [1.165, 1.54) is 6.20 Å². The number of H-pyrrole nitrogens is 1. The molecule has 21 heavy (non-hydrogen) atoms. The quantitative estimate of drug-likeness (QED) is 0.600. The Kier molecular flexibility index (Phi) is 3.93. The molecule has 1 aromatic heterocycles. The zero-order valence-electron chi connectivity index (χ0n) is 11.8. The first-order valence-corrected chi connectivity index (χ1v) is 7.89. The van der Waals surface area contributed by atoms with Crippen LogP contribution in [0.5, 0.6) is 0 Å². The van der Waals surface area contributed by atoms with Crippen LogP contribution in [0.3, 0.4) is 0 Å². The molecule has 0 aliphatic rings. The third-order valence-electron chi connectivity index (χ3n) is 3.21. The van der Waals surface area contributed by atoms with Crippen molar-refractivity contribution in [1.29, 1.82) is 0 Å². The fourth-order valence-corrected chi connectivity index (χ4v) is 3.62. The van der Waals surface area contributed by atoms with E-state index in [2.05, 4.69) is 9.71 Å². The van der Waals surface area contributed by atoms with Gasteiger partial charge in [-0.05, 0) is 24.1 Å². The van der Waals surface area contributed by atoms with Crippen LogP contribution in [0.4, 0.5) is 5.69 Å². The molecular formula is C13H18N4O3S. The standard InChI is InChI=1S/C13H18N4O3S/c1-7(2)12(13(15)18)17-21(19,20)11-6-16-10-5-8(14)3-4-9(10)11/h3-7,12,16-17H,14H2,1-2H3,(H2,15,18). The highest BCUT2D eigenvalue weighted by Crippen LogP contribution is 2.24. The van der Waals surface area contributed by atoms with Gasteiger partial charge in [0.2, 0.25) is 15.9 Å². The van der Waals surface area contributed by atoms with Crippen LogP contribution < -0.4 is 16.2 Å². The van der Waals surface area contributed by atoms with Crippen LogP contribution in [0, 0.1) is 5.92 Å². The molecule has 0 spiro atoms. The van der Waals surface area contributed by atoms with Gasteiger partial charge in [-0.3, -0.25) is 4.79 Å². The van der Waals surface area contributed by atoms with E-state index in [0.29, 0.717) is 16.6 Å². The van der Waals surface area contributed by atoms with Crippen molar-refractivity contribution >= 4 is 32.5 Å². The number of benzene rings is 1. The molecule has 0 bridgehead atoms. The number of nitrogens with one attached hydrogen (secondary N) is 2. The van der Waals surface area contributed by atoms with Crippen molar-refractivity contribution in [3.8, 4) is 0 Å². The van der Waals surface area contributed by atoms with Gasteiger partial charge in [0.1, 0.15) is 10.9 Å². The Bertz CT molecular complexity index is 780. The van der Waals surface area contributed by atoms with Crippen molar-refractivity contribution in [3.05, 3.63) is 24.4 Å². The van der Waals surface area contributed by atoms with Gasteiger partial charge in [0, 0.05) is 22.8 Å². The van der Waals surface area contributed by atoms with E-state index < -0.39 is 22.0 Å². The molecule has 0 saturated heterocycles. The number of amides is 1. The molecular weight excluding hydrogens is 292 g/mol. The largest absolute Gasteiger partial charge is 0.399 e. The summed E-state index contributed by atoms with van der Waals surface area (Å²) in [4.78, 5) is 14.3. The highest BCUT2D eigenvalue weighted by molar-refractivity contribution is 7.89. The van der Waals surface area contributed by atoms with Gasteiger partial charge in [-0.15, -0.1) is 0 Å². The molecule has 6 N–H and O–H groups in total. The van der Waals surface area contributed by atoms with Gasteiger partial charge in [0.25, 0.3) is 0 Å². The van der Waals surface area contributed by atoms with Crippen molar-refractivity contribution in [2.24, 2.45) is 11.7 Å². The summed E-state index contributed by atoms with van der Waals surface area (Å²) < 4.78 is 27.2. The van der Waals surface area contributed by atoms with Crippen molar-refractivity contribution in [3.63, 3.8) is 0 Å². The average Bonchev–Trinajstić information content (AvgIpc) is 2.78. The fraction of sp³-hybridized carbons (Fsp3) is 0.308. The lowest BCUT2D eigenvalue weighted by atomic mass is 10.1. The third-order valence-corrected chi connectivity index (χ3v) is 4.69. The van der Waals surface area contributed by atoms with E-state index in [1.807, 2.05) is 0 Å². The number of aromatic amines is 1. The molecule has 2 rings (SSSR count). The maximum Gasteiger partial charge on any atom is 0.243 e. The van der Waals surface area contributed by atoms with Crippen LogP contribution in [0.15, 0.2) is 29.3 Å². The zero-order chi connectivity index (χ0) is 15.8. The monoisotopic (exact) mass is 310 g/mol. The number of aromatic nitrogens is 1. The van der Waals surface area contributed by atoms with Gasteiger partial charge in [0.15, 0.2) is 0 Å². The van der Waals surface area contributed by atoms with Crippen LogP contribution in [0.2, 0.25) is 0 Å². The molecule has 0 aliphatic heterocycles. The molecule has 7 nitrogen and oxygen atoms in total. The van der Waals surface area contributed by atoms with Crippen LogP contribution in [-0.4, -0.2) is 25.4 Å². The Morgan fingerprint density at radius 1 is 1.33 bits per heavy atom. The number of carbonyl (C=O) groups is 1. The smallest absolute Gasteiger partial charge is 0.243 e. The first-order chi connectivity index (χ1) is 9.72. The fourth-order valence-electron chi connectivity index (χ4n) is 2.09. The second-order valence-corrected chi connectivity index (χ2v) is 6.89. The van der Waals surface area contributed by atoms with E-state index in [9.17, 15) is 13.2 Å². The van der Waals surface area contributed by atoms with Gasteiger partial charge in [-0.1, -0.05) is 13.8 Å². The van der Waals surface area contributed by atoms with E-state index >= 15 is 0 Å². The third kappa shape index (κ3) is 3.01. The van der Waals surface area contributed by atoms with Gasteiger partial charge in [0.05, 0.1) is 0 Å². The number of nitrogen functional groups attached to an aromatic ring is 1. The van der Waals surface area contributed by atoms with E-state index in [-0.39, 0.29) is 10.8 Å². The number of carbonyl (C=O) groups excluding carboxylic acids is 1. The van der Waals surface area contributed by atoms with Crippen LogP contribution in [0.1, 0.15) is 13.8 Å². The number of nitrogens with two attached hydrogens (primary N) is 2. The van der Waals surface area contributed by atoms with Crippen molar-refractivity contribution < 1.29 is 13.2 Å². The molecule has 2 aromatic rings. The number of anilines is 1. The van der Waals surface area contributed by atoms with Gasteiger partial charge in [-0.25, -0.2) is 8.42 Å².